The van der Waals surface area contributed by atoms with Crippen LogP contribution in [-0.4, -0.2) is 47.9 Å². The predicted molar refractivity (Wildman–Crippen MR) is 105 cm³/mol. The van der Waals surface area contributed by atoms with Gasteiger partial charge in [-0.15, -0.1) is 0 Å². The number of esters is 1. The molecule has 1 aromatic heterocycles. The lowest BCUT2D eigenvalue weighted by molar-refractivity contribution is 0.0470. The Kier molecular flexibility index (Phi) is 6.40. The number of ether oxygens (including phenoxy) is 2. The Morgan fingerprint density at radius 2 is 2.14 bits per heavy atom. The van der Waals surface area contributed by atoms with Gasteiger partial charge in [-0.3, -0.25) is 0 Å². The van der Waals surface area contributed by atoms with Gasteiger partial charge in [0.05, 0.1) is 17.8 Å². The number of hydrogen-bond donors (Lipinski definition) is 1. The number of aromatic nitrogens is 1. The summed E-state index contributed by atoms with van der Waals surface area (Å²) in [6, 6.07) is 1.92. The summed E-state index contributed by atoms with van der Waals surface area (Å²) < 4.78 is 10.4. The maximum atomic E-state index is 12.3. The molecule has 0 aromatic carbocycles. The second-order valence-corrected chi connectivity index (χ2v) is 8.25. The molecule has 9 heteroatoms. The fourth-order valence-electron chi connectivity index (χ4n) is 3.03. The molecule has 1 atom stereocenters. The topological polar surface area (TPSA) is 105 Å². The second kappa shape index (κ2) is 8.23. The SMILES string of the molecule is CCOC(=O)c1cnc(C#N)c(Cl)c1N1CC[C@](C)(NC(=O)OC(C)(C)C)C1. The highest BCUT2D eigenvalue weighted by molar-refractivity contribution is 6.35. The molecule has 1 fully saturated rings. The number of hydrogen-bond acceptors (Lipinski definition) is 7. The van der Waals surface area contributed by atoms with Crippen molar-refractivity contribution in [3.63, 3.8) is 0 Å². The number of carbonyl (C=O) groups is 2. The van der Waals surface area contributed by atoms with Gasteiger partial charge in [0.1, 0.15) is 22.3 Å². The van der Waals surface area contributed by atoms with Gasteiger partial charge in [-0.2, -0.15) is 5.26 Å². The second-order valence-electron chi connectivity index (χ2n) is 7.87. The zero-order valence-corrected chi connectivity index (χ0v) is 17.5. The minimum absolute atomic E-state index is 0.0263. The fourth-order valence-corrected chi connectivity index (χ4v) is 3.34. The summed E-state index contributed by atoms with van der Waals surface area (Å²) in [5.74, 6) is -0.565. The van der Waals surface area contributed by atoms with Gasteiger partial charge in [-0.25, -0.2) is 14.6 Å². The van der Waals surface area contributed by atoms with Crippen molar-refractivity contribution in [2.24, 2.45) is 0 Å². The van der Waals surface area contributed by atoms with Crippen molar-refractivity contribution >= 4 is 29.4 Å². The van der Waals surface area contributed by atoms with Crippen molar-refractivity contribution in [1.29, 1.82) is 5.26 Å². The Morgan fingerprint density at radius 3 is 2.71 bits per heavy atom. The Bertz CT molecular complexity index is 815. The van der Waals surface area contributed by atoms with Gasteiger partial charge in [0.15, 0.2) is 5.69 Å². The number of anilines is 1. The van der Waals surface area contributed by atoms with E-state index in [9.17, 15) is 14.9 Å². The van der Waals surface area contributed by atoms with Gasteiger partial charge in [0.25, 0.3) is 0 Å². The average molecular weight is 409 g/mol. The molecular formula is C19H25ClN4O4. The van der Waals surface area contributed by atoms with Crippen LogP contribution in [0.5, 0.6) is 0 Å². The van der Waals surface area contributed by atoms with E-state index in [0.717, 1.165) is 0 Å². The summed E-state index contributed by atoms with van der Waals surface area (Å²) in [6.45, 7) is 10.1. The highest BCUT2D eigenvalue weighted by Gasteiger charge is 2.39. The van der Waals surface area contributed by atoms with Crippen LogP contribution in [0.25, 0.3) is 0 Å². The van der Waals surface area contributed by atoms with Gasteiger partial charge in [0, 0.05) is 19.3 Å². The minimum Gasteiger partial charge on any atom is -0.462 e. The number of rotatable bonds is 4. The average Bonchev–Trinajstić information content (AvgIpc) is 2.94. The van der Waals surface area contributed by atoms with Crippen LogP contribution < -0.4 is 10.2 Å². The molecule has 28 heavy (non-hydrogen) atoms. The van der Waals surface area contributed by atoms with Crippen LogP contribution in [0, 0.1) is 11.3 Å². The van der Waals surface area contributed by atoms with Crippen molar-refractivity contribution in [2.75, 3.05) is 24.6 Å². The molecule has 0 unspecified atom stereocenters. The van der Waals surface area contributed by atoms with E-state index in [4.69, 9.17) is 21.1 Å². The molecule has 1 saturated heterocycles. The molecule has 0 spiro atoms. The lowest BCUT2D eigenvalue weighted by atomic mass is 10.0. The number of amides is 1. The molecule has 1 amide bonds. The Labute approximate surface area is 169 Å². The lowest BCUT2D eigenvalue weighted by Crippen LogP contribution is -2.49. The van der Waals surface area contributed by atoms with E-state index in [2.05, 4.69) is 10.3 Å². The standard InChI is InChI=1S/C19H25ClN4O4/c1-6-27-16(25)12-10-22-13(9-21)14(20)15(12)24-8-7-19(5,11-24)23-17(26)28-18(2,3)4/h10H,6-8,11H2,1-5H3,(H,23,26)/t19-/m0/s1. The molecule has 0 radical (unpaired) electrons. The summed E-state index contributed by atoms with van der Waals surface area (Å²) in [7, 11) is 0. The van der Waals surface area contributed by atoms with Crippen LogP contribution in [0.15, 0.2) is 6.20 Å². The highest BCUT2D eigenvalue weighted by Crippen LogP contribution is 2.36. The number of pyridine rings is 1. The molecule has 0 saturated carbocycles. The fraction of sp³-hybridized carbons (Fsp3) is 0.579. The van der Waals surface area contributed by atoms with Gasteiger partial charge in [0.2, 0.25) is 0 Å². The molecule has 2 heterocycles. The third-order valence-corrected chi connectivity index (χ3v) is 4.55. The van der Waals surface area contributed by atoms with Crippen LogP contribution in [0.3, 0.4) is 0 Å². The molecule has 152 valence electrons. The first kappa shape index (κ1) is 21.8. The van der Waals surface area contributed by atoms with Crippen LogP contribution >= 0.6 is 11.6 Å². The first-order valence-corrected chi connectivity index (χ1v) is 9.39. The van der Waals surface area contributed by atoms with Crippen LogP contribution in [0.1, 0.15) is 57.1 Å². The number of carbonyl (C=O) groups excluding carboxylic acids is 2. The third kappa shape index (κ3) is 5.04. The monoisotopic (exact) mass is 408 g/mol. The van der Waals surface area contributed by atoms with Gasteiger partial charge < -0.3 is 19.7 Å². The summed E-state index contributed by atoms with van der Waals surface area (Å²) in [4.78, 5) is 30.3. The summed E-state index contributed by atoms with van der Waals surface area (Å²) in [5, 5.41) is 12.2. The van der Waals surface area contributed by atoms with E-state index < -0.39 is 23.2 Å². The van der Waals surface area contributed by atoms with Crippen molar-refractivity contribution in [1.82, 2.24) is 10.3 Å². The number of nitriles is 1. The zero-order valence-electron chi connectivity index (χ0n) is 16.8. The molecular weight excluding hydrogens is 384 g/mol. The van der Waals surface area contributed by atoms with E-state index in [1.807, 2.05) is 17.9 Å². The molecule has 1 aliphatic rings. The van der Waals surface area contributed by atoms with Gasteiger partial charge >= 0.3 is 12.1 Å². The molecule has 1 aromatic rings. The van der Waals surface area contributed by atoms with E-state index in [1.54, 1.807) is 27.7 Å². The number of nitrogens with one attached hydrogen (secondary N) is 1. The molecule has 0 bridgehead atoms. The normalized spacial score (nSPS) is 19.1. The largest absolute Gasteiger partial charge is 0.462 e. The number of alkyl carbamates (subject to hydrolysis) is 1. The molecule has 0 aliphatic carbocycles. The Morgan fingerprint density at radius 1 is 1.46 bits per heavy atom. The van der Waals surface area contributed by atoms with Gasteiger partial charge in [-0.1, -0.05) is 11.6 Å². The van der Waals surface area contributed by atoms with E-state index >= 15 is 0 Å². The minimum atomic E-state index is -0.605. The maximum absolute atomic E-state index is 12.3. The van der Waals surface area contributed by atoms with Crippen molar-refractivity contribution < 1.29 is 19.1 Å². The summed E-state index contributed by atoms with van der Waals surface area (Å²) >= 11 is 6.38. The molecule has 1 aliphatic heterocycles. The Balaban J connectivity index is 2.30. The third-order valence-electron chi connectivity index (χ3n) is 4.19. The molecule has 8 nitrogen and oxygen atoms in total. The first-order chi connectivity index (χ1) is 13.0. The van der Waals surface area contributed by atoms with Crippen LogP contribution in [-0.2, 0) is 9.47 Å². The van der Waals surface area contributed by atoms with Crippen LogP contribution in [0.2, 0.25) is 5.02 Å². The Hall–Kier alpha value is -2.53. The molecule has 2 rings (SSSR count). The number of nitrogens with zero attached hydrogens (tertiary/aromatic N) is 3. The highest BCUT2D eigenvalue weighted by atomic mass is 35.5. The summed E-state index contributed by atoms with van der Waals surface area (Å²) in [6.07, 6.45) is 1.39. The van der Waals surface area contributed by atoms with Gasteiger partial charge in [-0.05, 0) is 41.0 Å². The predicted octanol–water partition coefficient (Wildman–Crippen LogP) is 3.28. The van der Waals surface area contributed by atoms with E-state index in [0.29, 0.717) is 25.2 Å². The molecule has 1 N–H and O–H groups in total. The van der Waals surface area contributed by atoms with Crippen molar-refractivity contribution in [3.8, 4) is 6.07 Å². The van der Waals surface area contributed by atoms with Crippen molar-refractivity contribution in [2.45, 2.75) is 52.2 Å². The first-order valence-electron chi connectivity index (χ1n) is 9.01. The number of halogens is 1. The quantitative estimate of drug-likeness (QED) is 0.762. The zero-order chi connectivity index (χ0) is 21.1. The lowest BCUT2D eigenvalue weighted by Gasteiger charge is -2.29. The summed E-state index contributed by atoms with van der Waals surface area (Å²) in [5.41, 5.74) is -0.591. The van der Waals surface area contributed by atoms with Crippen molar-refractivity contribution in [3.05, 3.63) is 22.5 Å². The smallest absolute Gasteiger partial charge is 0.408 e. The maximum Gasteiger partial charge on any atom is 0.408 e. The van der Waals surface area contributed by atoms with Crippen LogP contribution in [0.4, 0.5) is 10.5 Å². The van der Waals surface area contributed by atoms with E-state index in [1.165, 1.54) is 6.20 Å². The van der Waals surface area contributed by atoms with E-state index in [-0.39, 0.29) is 22.9 Å².